The highest BCUT2D eigenvalue weighted by molar-refractivity contribution is 6.26. The summed E-state index contributed by atoms with van der Waals surface area (Å²) >= 11 is 0. The largest absolute Gasteiger partial charge is 0.484 e. The number of aromatic nitrogens is 4. The molecule has 0 radical (unpaired) electrons. The number of ketones is 1. The maximum absolute atomic E-state index is 13.6. The number of carbonyl (C=O) groups excluding carboxylic acids is 2. The van der Waals surface area contributed by atoms with Crippen molar-refractivity contribution in [3.8, 4) is 28.3 Å². The predicted octanol–water partition coefficient (Wildman–Crippen LogP) is 2.08. The third kappa shape index (κ3) is 4.49. The zero-order valence-corrected chi connectivity index (χ0v) is 20.2. The van der Waals surface area contributed by atoms with E-state index in [1.54, 1.807) is 29.3 Å². The first kappa shape index (κ1) is 23.8. The van der Waals surface area contributed by atoms with E-state index in [2.05, 4.69) is 31.1 Å². The smallest absolute Gasteiger partial charge is 0.333 e. The first-order valence-electron chi connectivity index (χ1n) is 12.0. The van der Waals surface area contributed by atoms with Crippen molar-refractivity contribution >= 4 is 17.5 Å². The van der Waals surface area contributed by atoms with Gasteiger partial charge < -0.3 is 25.0 Å². The summed E-state index contributed by atoms with van der Waals surface area (Å²) in [5, 5.41) is 15.7. The van der Waals surface area contributed by atoms with Gasteiger partial charge in [-0.05, 0) is 30.3 Å². The molecule has 0 saturated carbocycles. The minimum atomic E-state index is -0.419. The van der Waals surface area contributed by atoms with Gasteiger partial charge in [0.25, 0.3) is 5.89 Å². The molecule has 1 aliphatic heterocycles. The van der Waals surface area contributed by atoms with Crippen LogP contribution in [0.1, 0.15) is 27.6 Å². The van der Waals surface area contributed by atoms with Crippen molar-refractivity contribution < 1.29 is 23.6 Å². The Labute approximate surface area is 216 Å². The number of aromatic amines is 1. The molecule has 2 aromatic heterocycles. The summed E-state index contributed by atoms with van der Waals surface area (Å²) in [6.07, 6.45) is 0. The SMILES string of the molecule is NCc1noc(COc2ccc(-c3n[nH]c4c3C(=O)c3c(NC(=O)NN5CCOCC5)cccc3-4)cc2)n1. The number of ether oxygens (including phenoxy) is 2. The summed E-state index contributed by atoms with van der Waals surface area (Å²) in [4.78, 5) is 30.3. The van der Waals surface area contributed by atoms with Gasteiger partial charge in [-0.15, -0.1) is 0 Å². The van der Waals surface area contributed by atoms with E-state index in [1.165, 1.54) is 0 Å². The lowest BCUT2D eigenvalue weighted by atomic mass is 10.0. The van der Waals surface area contributed by atoms with E-state index in [0.717, 1.165) is 5.56 Å². The molecule has 38 heavy (non-hydrogen) atoms. The molecule has 194 valence electrons. The average molecular weight is 517 g/mol. The Kier molecular flexibility index (Phi) is 6.29. The third-order valence-corrected chi connectivity index (χ3v) is 6.26. The number of fused-ring (bicyclic) bond motifs is 3. The monoisotopic (exact) mass is 516 g/mol. The molecule has 1 aliphatic carbocycles. The van der Waals surface area contributed by atoms with Crippen LogP contribution in [0.2, 0.25) is 0 Å². The van der Waals surface area contributed by atoms with Gasteiger partial charge in [-0.25, -0.2) is 9.80 Å². The van der Waals surface area contributed by atoms with Crippen molar-refractivity contribution in [2.24, 2.45) is 5.73 Å². The van der Waals surface area contributed by atoms with E-state index < -0.39 is 6.03 Å². The molecule has 3 heterocycles. The molecule has 5 N–H and O–H groups in total. The summed E-state index contributed by atoms with van der Waals surface area (Å²) in [7, 11) is 0. The Hall–Kier alpha value is -4.59. The molecule has 0 atom stereocenters. The van der Waals surface area contributed by atoms with Gasteiger partial charge in [0, 0.05) is 24.2 Å². The normalized spacial score (nSPS) is 14.7. The first-order chi connectivity index (χ1) is 18.6. The molecule has 2 aliphatic rings. The predicted molar refractivity (Wildman–Crippen MR) is 134 cm³/mol. The number of carbonyl (C=O) groups is 2. The highest BCUT2D eigenvalue weighted by Crippen LogP contribution is 2.43. The Balaban J connectivity index is 1.18. The molecule has 1 fully saturated rings. The van der Waals surface area contributed by atoms with E-state index in [-0.39, 0.29) is 18.9 Å². The molecule has 0 spiro atoms. The summed E-state index contributed by atoms with van der Waals surface area (Å²) in [5.41, 5.74) is 12.1. The molecule has 6 rings (SSSR count). The highest BCUT2D eigenvalue weighted by Gasteiger charge is 2.35. The maximum atomic E-state index is 13.6. The number of urea groups is 1. The molecule has 13 heteroatoms. The number of hydrogen-bond donors (Lipinski definition) is 4. The molecule has 1 saturated heterocycles. The summed E-state index contributed by atoms with van der Waals surface area (Å²) in [6.45, 7) is 2.57. The Morgan fingerprint density at radius 1 is 1.13 bits per heavy atom. The number of benzene rings is 2. The van der Waals surface area contributed by atoms with Crippen LogP contribution in [0.15, 0.2) is 47.0 Å². The van der Waals surface area contributed by atoms with Crippen molar-refractivity contribution in [1.29, 1.82) is 0 Å². The van der Waals surface area contributed by atoms with E-state index in [9.17, 15) is 9.59 Å². The van der Waals surface area contributed by atoms with Crippen LogP contribution in [0.4, 0.5) is 10.5 Å². The Morgan fingerprint density at radius 3 is 2.71 bits per heavy atom. The highest BCUT2D eigenvalue weighted by atomic mass is 16.5. The molecule has 0 bridgehead atoms. The Morgan fingerprint density at radius 2 is 1.95 bits per heavy atom. The zero-order chi connectivity index (χ0) is 26.1. The molecular weight excluding hydrogens is 492 g/mol. The lowest BCUT2D eigenvalue weighted by Crippen LogP contribution is -2.49. The number of rotatable bonds is 7. The van der Waals surface area contributed by atoms with Crippen molar-refractivity contribution in [2.45, 2.75) is 13.2 Å². The van der Waals surface area contributed by atoms with E-state index in [0.29, 0.717) is 77.5 Å². The van der Waals surface area contributed by atoms with Crippen molar-refractivity contribution in [3.05, 3.63) is 65.3 Å². The second-order valence-electron chi connectivity index (χ2n) is 8.67. The fourth-order valence-corrected chi connectivity index (χ4v) is 4.46. The van der Waals surface area contributed by atoms with Gasteiger partial charge in [0.15, 0.2) is 18.2 Å². The third-order valence-electron chi connectivity index (χ3n) is 6.26. The minimum Gasteiger partial charge on any atom is -0.484 e. The van der Waals surface area contributed by atoms with Crippen LogP contribution in [-0.4, -0.2) is 63.5 Å². The molecule has 2 amide bonds. The van der Waals surface area contributed by atoms with Crippen LogP contribution in [0.25, 0.3) is 22.5 Å². The average Bonchev–Trinajstić information content (AvgIpc) is 3.65. The van der Waals surface area contributed by atoms with Gasteiger partial charge in [-0.2, -0.15) is 10.1 Å². The number of nitrogens with one attached hydrogen (secondary N) is 3. The lowest BCUT2D eigenvalue weighted by molar-refractivity contribution is 0.0207. The van der Waals surface area contributed by atoms with Crippen molar-refractivity contribution in [2.75, 3.05) is 31.6 Å². The number of H-pyrrole nitrogens is 1. The number of amides is 2. The second kappa shape index (κ2) is 10.0. The van der Waals surface area contributed by atoms with Crippen molar-refractivity contribution in [1.82, 2.24) is 30.8 Å². The van der Waals surface area contributed by atoms with Gasteiger partial charge in [0.05, 0.1) is 42.3 Å². The Bertz CT molecular complexity index is 1490. The standard InChI is InChI=1S/C25H24N8O5/c26-12-18-28-19(38-32-18)13-37-15-6-4-14(5-7-15)22-21-23(30-29-22)16-2-1-3-17(20(16)24(21)34)27-25(35)31-33-8-10-36-11-9-33/h1-7H,8-13,26H2,(H,29,30)(H2,27,31,35). The van der Waals surface area contributed by atoms with Crippen LogP contribution >= 0.6 is 0 Å². The van der Waals surface area contributed by atoms with Gasteiger partial charge in [-0.3, -0.25) is 15.3 Å². The second-order valence-corrected chi connectivity index (χ2v) is 8.67. The van der Waals surface area contributed by atoms with Crippen LogP contribution < -0.4 is 21.2 Å². The van der Waals surface area contributed by atoms with Crippen LogP contribution in [-0.2, 0) is 17.9 Å². The summed E-state index contributed by atoms with van der Waals surface area (Å²) in [6, 6.07) is 12.1. The zero-order valence-electron chi connectivity index (χ0n) is 20.2. The quantitative estimate of drug-likeness (QED) is 0.251. The lowest BCUT2D eigenvalue weighted by Gasteiger charge is -2.27. The molecular formula is C25H24N8O5. The first-order valence-corrected chi connectivity index (χ1v) is 12.0. The number of hydrogen-bond acceptors (Lipinski definition) is 10. The van der Waals surface area contributed by atoms with Crippen LogP contribution in [0, 0.1) is 0 Å². The fourth-order valence-electron chi connectivity index (χ4n) is 4.46. The van der Waals surface area contributed by atoms with Gasteiger partial charge in [0.2, 0.25) is 0 Å². The summed E-state index contributed by atoms with van der Waals surface area (Å²) in [5.74, 6) is 1.10. The topological polar surface area (TPSA) is 174 Å². The fraction of sp³-hybridized carbons (Fsp3) is 0.240. The number of anilines is 1. The van der Waals surface area contributed by atoms with Gasteiger partial charge in [-0.1, -0.05) is 17.3 Å². The summed E-state index contributed by atoms with van der Waals surface area (Å²) < 4.78 is 16.1. The number of morpholine rings is 1. The molecule has 4 aromatic rings. The van der Waals surface area contributed by atoms with E-state index >= 15 is 0 Å². The minimum absolute atomic E-state index is 0.104. The van der Waals surface area contributed by atoms with E-state index in [1.807, 2.05) is 18.2 Å². The molecule has 0 unspecified atom stereocenters. The van der Waals surface area contributed by atoms with Crippen LogP contribution in [0.3, 0.4) is 0 Å². The number of hydrazine groups is 1. The van der Waals surface area contributed by atoms with Crippen LogP contribution in [0.5, 0.6) is 5.75 Å². The van der Waals surface area contributed by atoms with Gasteiger partial charge >= 0.3 is 6.03 Å². The molecule has 2 aromatic carbocycles. The van der Waals surface area contributed by atoms with Gasteiger partial charge in [0.1, 0.15) is 11.4 Å². The maximum Gasteiger partial charge on any atom is 0.333 e. The van der Waals surface area contributed by atoms with E-state index in [4.69, 9.17) is 19.7 Å². The number of nitrogens with two attached hydrogens (primary N) is 1. The number of nitrogens with zero attached hydrogens (tertiary/aromatic N) is 4. The van der Waals surface area contributed by atoms with Crippen molar-refractivity contribution in [3.63, 3.8) is 0 Å². The molecule has 13 nitrogen and oxygen atoms in total.